The molecule has 0 saturated heterocycles. The Morgan fingerprint density at radius 1 is 1.48 bits per heavy atom. The van der Waals surface area contributed by atoms with Gasteiger partial charge in [0.05, 0.1) is 18.7 Å². The average molecular weight is 286 g/mol. The number of pyridine rings is 1. The summed E-state index contributed by atoms with van der Waals surface area (Å²) < 4.78 is 4.90. The highest BCUT2D eigenvalue weighted by atomic mass is 16.5. The minimum atomic E-state index is -0.302. The third-order valence-electron chi connectivity index (χ3n) is 2.44. The highest BCUT2D eigenvalue weighted by Crippen LogP contribution is 2.03. The van der Waals surface area contributed by atoms with Crippen molar-refractivity contribution in [3.05, 3.63) is 41.3 Å². The van der Waals surface area contributed by atoms with Gasteiger partial charge in [-0.3, -0.25) is 9.78 Å². The number of aromatic nitrogens is 3. The maximum atomic E-state index is 12.0. The molecule has 0 radical (unpaired) electrons. The van der Waals surface area contributed by atoms with Crippen LogP contribution in [-0.2, 0) is 6.54 Å². The molecule has 0 unspecified atom stereocenters. The van der Waals surface area contributed by atoms with E-state index in [1.165, 1.54) is 6.20 Å². The summed E-state index contributed by atoms with van der Waals surface area (Å²) in [7, 11) is 0. The van der Waals surface area contributed by atoms with Crippen molar-refractivity contribution in [2.75, 3.05) is 6.61 Å². The summed E-state index contributed by atoms with van der Waals surface area (Å²) >= 11 is 0. The highest BCUT2D eigenvalue weighted by molar-refractivity contribution is 5.94. The minimum Gasteiger partial charge on any atom is -0.395 e. The number of aryl methyl sites for hydroxylation is 1. The number of carbonyl (C=O) groups excluding carboxylic acids is 1. The Bertz CT molecular complexity index is 685. The molecule has 0 aliphatic carbocycles. The standard InChI is InChI=1S/C14H14N4O3/c1-10-17-13(21-18-10)9-16-14(20)12-6-11(7-15-8-12)4-2-3-5-19/h6-8,19H,3,5,9H2,1H3,(H,16,20). The van der Waals surface area contributed by atoms with Crippen molar-refractivity contribution in [1.29, 1.82) is 0 Å². The topological polar surface area (TPSA) is 101 Å². The maximum Gasteiger partial charge on any atom is 0.253 e. The zero-order valence-electron chi connectivity index (χ0n) is 11.5. The minimum absolute atomic E-state index is 0.00417. The highest BCUT2D eigenvalue weighted by Gasteiger charge is 2.09. The Morgan fingerprint density at radius 2 is 2.33 bits per heavy atom. The summed E-state index contributed by atoms with van der Waals surface area (Å²) in [4.78, 5) is 19.9. The van der Waals surface area contributed by atoms with Crippen molar-refractivity contribution < 1.29 is 14.4 Å². The number of amides is 1. The van der Waals surface area contributed by atoms with E-state index in [2.05, 4.69) is 32.3 Å². The normalized spacial score (nSPS) is 9.81. The number of hydrogen-bond donors (Lipinski definition) is 2. The van der Waals surface area contributed by atoms with Gasteiger partial charge in [0.2, 0.25) is 5.89 Å². The number of nitrogens with zero attached hydrogens (tertiary/aromatic N) is 3. The molecule has 0 aliphatic rings. The Kier molecular flexibility index (Phi) is 5.01. The Morgan fingerprint density at radius 3 is 3.05 bits per heavy atom. The molecule has 0 saturated carbocycles. The molecule has 0 aromatic carbocycles. The number of rotatable bonds is 4. The molecule has 0 bridgehead atoms. The third-order valence-corrected chi connectivity index (χ3v) is 2.44. The molecule has 0 spiro atoms. The van der Waals surface area contributed by atoms with Crippen LogP contribution in [-0.4, -0.2) is 32.7 Å². The molecule has 0 fully saturated rings. The Balaban J connectivity index is 1.99. The van der Waals surface area contributed by atoms with Crippen LogP contribution in [0.4, 0.5) is 0 Å². The van der Waals surface area contributed by atoms with Crippen molar-refractivity contribution in [2.24, 2.45) is 0 Å². The van der Waals surface area contributed by atoms with E-state index in [0.29, 0.717) is 29.3 Å². The summed E-state index contributed by atoms with van der Waals surface area (Å²) in [6, 6.07) is 1.63. The van der Waals surface area contributed by atoms with Gasteiger partial charge < -0.3 is 14.9 Å². The summed E-state index contributed by atoms with van der Waals surface area (Å²) in [5.74, 6) is 6.15. The molecule has 2 aromatic rings. The Hall–Kier alpha value is -2.72. The van der Waals surface area contributed by atoms with Gasteiger partial charge in [-0.05, 0) is 13.0 Å². The van der Waals surface area contributed by atoms with Crippen LogP contribution in [0.5, 0.6) is 0 Å². The van der Waals surface area contributed by atoms with Gasteiger partial charge in [-0.2, -0.15) is 4.98 Å². The van der Waals surface area contributed by atoms with Crippen LogP contribution in [0.3, 0.4) is 0 Å². The summed E-state index contributed by atoms with van der Waals surface area (Å²) in [5, 5.41) is 15.0. The zero-order chi connectivity index (χ0) is 15.1. The first-order valence-electron chi connectivity index (χ1n) is 6.31. The third kappa shape index (κ3) is 4.40. The lowest BCUT2D eigenvalue weighted by Crippen LogP contribution is -2.23. The number of aliphatic hydroxyl groups excluding tert-OH is 1. The largest absolute Gasteiger partial charge is 0.395 e. The second-order valence-corrected chi connectivity index (χ2v) is 4.16. The van der Waals surface area contributed by atoms with E-state index in [-0.39, 0.29) is 19.1 Å². The van der Waals surface area contributed by atoms with E-state index in [9.17, 15) is 4.79 Å². The van der Waals surface area contributed by atoms with E-state index in [4.69, 9.17) is 9.63 Å². The average Bonchev–Trinajstić information content (AvgIpc) is 2.91. The summed E-state index contributed by atoms with van der Waals surface area (Å²) in [5.41, 5.74) is 1.01. The van der Waals surface area contributed by atoms with Crippen molar-refractivity contribution in [2.45, 2.75) is 19.9 Å². The van der Waals surface area contributed by atoms with Gasteiger partial charge in [-0.1, -0.05) is 17.0 Å². The molecular weight excluding hydrogens is 272 g/mol. The predicted molar refractivity (Wildman–Crippen MR) is 73.0 cm³/mol. The second-order valence-electron chi connectivity index (χ2n) is 4.16. The zero-order valence-corrected chi connectivity index (χ0v) is 11.5. The van der Waals surface area contributed by atoms with Crippen LogP contribution in [0.15, 0.2) is 23.0 Å². The van der Waals surface area contributed by atoms with E-state index >= 15 is 0 Å². The van der Waals surface area contributed by atoms with Gasteiger partial charge in [0.15, 0.2) is 5.82 Å². The summed E-state index contributed by atoms with van der Waals surface area (Å²) in [6.07, 6.45) is 3.39. The van der Waals surface area contributed by atoms with Gasteiger partial charge in [0, 0.05) is 24.4 Å². The van der Waals surface area contributed by atoms with Crippen LogP contribution in [0.1, 0.15) is 34.1 Å². The molecule has 21 heavy (non-hydrogen) atoms. The number of nitrogens with one attached hydrogen (secondary N) is 1. The first-order chi connectivity index (χ1) is 10.2. The molecule has 2 heterocycles. The van der Waals surface area contributed by atoms with Gasteiger partial charge in [-0.25, -0.2) is 0 Å². The number of carbonyl (C=O) groups is 1. The second kappa shape index (κ2) is 7.17. The molecule has 108 valence electrons. The number of aliphatic hydroxyl groups is 1. The monoisotopic (exact) mass is 286 g/mol. The van der Waals surface area contributed by atoms with Crippen LogP contribution in [0, 0.1) is 18.8 Å². The fourth-order valence-electron chi connectivity index (χ4n) is 1.52. The lowest BCUT2D eigenvalue weighted by molar-refractivity contribution is 0.0946. The van der Waals surface area contributed by atoms with Crippen molar-refractivity contribution >= 4 is 5.91 Å². The molecular formula is C14H14N4O3. The lowest BCUT2D eigenvalue weighted by Gasteiger charge is -2.02. The predicted octanol–water partition coefficient (Wildman–Crippen LogP) is 0.437. The van der Waals surface area contributed by atoms with Crippen molar-refractivity contribution in [3.63, 3.8) is 0 Å². The smallest absolute Gasteiger partial charge is 0.253 e. The van der Waals surface area contributed by atoms with Crippen LogP contribution in [0.2, 0.25) is 0 Å². The molecule has 7 heteroatoms. The van der Waals surface area contributed by atoms with Gasteiger partial charge in [0.1, 0.15) is 0 Å². The fourth-order valence-corrected chi connectivity index (χ4v) is 1.52. The van der Waals surface area contributed by atoms with Crippen LogP contribution in [0.25, 0.3) is 0 Å². The molecule has 1 amide bonds. The SMILES string of the molecule is Cc1noc(CNC(=O)c2cncc(C#CCCO)c2)n1. The maximum absolute atomic E-state index is 12.0. The van der Waals surface area contributed by atoms with Gasteiger partial charge in [-0.15, -0.1) is 0 Å². The van der Waals surface area contributed by atoms with Gasteiger partial charge >= 0.3 is 0 Å². The molecule has 2 aromatic heterocycles. The fraction of sp³-hybridized carbons (Fsp3) is 0.286. The number of hydrogen-bond acceptors (Lipinski definition) is 6. The van der Waals surface area contributed by atoms with Crippen LogP contribution >= 0.6 is 0 Å². The molecule has 2 rings (SSSR count). The summed E-state index contributed by atoms with van der Waals surface area (Å²) in [6.45, 7) is 1.86. The molecule has 2 N–H and O–H groups in total. The first kappa shape index (κ1) is 14.7. The quantitative estimate of drug-likeness (QED) is 0.791. The molecule has 0 aliphatic heterocycles. The Labute approximate surface area is 121 Å². The van der Waals surface area contributed by atoms with E-state index in [1.54, 1.807) is 19.2 Å². The van der Waals surface area contributed by atoms with E-state index < -0.39 is 0 Å². The van der Waals surface area contributed by atoms with Crippen molar-refractivity contribution in [1.82, 2.24) is 20.4 Å². The van der Waals surface area contributed by atoms with E-state index in [1.807, 2.05) is 0 Å². The lowest BCUT2D eigenvalue weighted by atomic mass is 10.2. The molecule has 0 atom stereocenters. The molecule has 7 nitrogen and oxygen atoms in total. The van der Waals surface area contributed by atoms with Crippen molar-refractivity contribution in [3.8, 4) is 11.8 Å². The first-order valence-corrected chi connectivity index (χ1v) is 6.31. The van der Waals surface area contributed by atoms with Gasteiger partial charge in [0.25, 0.3) is 5.91 Å². The van der Waals surface area contributed by atoms with E-state index in [0.717, 1.165) is 0 Å². The van der Waals surface area contributed by atoms with Crippen LogP contribution < -0.4 is 5.32 Å².